The van der Waals surface area contributed by atoms with Gasteiger partial charge in [0.05, 0.1) is 11.8 Å². The van der Waals surface area contributed by atoms with Crippen molar-refractivity contribution in [3.8, 4) is 0 Å². The highest BCUT2D eigenvalue weighted by Gasteiger charge is 2.39. The van der Waals surface area contributed by atoms with Crippen LogP contribution in [-0.4, -0.2) is 45.8 Å². The van der Waals surface area contributed by atoms with Gasteiger partial charge in [0.25, 0.3) is 0 Å². The van der Waals surface area contributed by atoms with Gasteiger partial charge in [-0.1, -0.05) is 54.1 Å². The van der Waals surface area contributed by atoms with Crippen LogP contribution in [0, 0.1) is 12.8 Å². The van der Waals surface area contributed by atoms with Gasteiger partial charge in [-0.3, -0.25) is 14.4 Å². The number of carbonyl (C=O) groups excluding carboxylic acids is 2. The van der Waals surface area contributed by atoms with Gasteiger partial charge in [0, 0.05) is 32.6 Å². The van der Waals surface area contributed by atoms with Crippen LogP contribution in [0.1, 0.15) is 34.6 Å². The lowest BCUT2D eigenvalue weighted by atomic mass is 9.89. The minimum absolute atomic E-state index is 0.0314. The zero-order valence-electron chi connectivity index (χ0n) is 16.4. The minimum atomic E-state index is -0.932. The number of carboxylic acid groups (broad SMARTS) is 1. The molecule has 2 aliphatic rings. The summed E-state index contributed by atoms with van der Waals surface area (Å²) < 4.78 is 0. The van der Waals surface area contributed by atoms with E-state index in [1.165, 1.54) is 0 Å². The second-order valence-electron chi connectivity index (χ2n) is 7.97. The van der Waals surface area contributed by atoms with Crippen LogP contribution in [0.3, 0.4) is 0 Å². The monoisotopic (exact) mass is 392 g/mol. The Morgan fingerprint density at radius 2 is 1.79 bits per heavy atom. The molecule has 29 heavy (non-hydrogen) atoms. The van der Waals surface area contributed by atoms with Crippen LogP contribution >= 0.6 is 0 Å². The normalized spacial score (nSPS) is 21.2. The molecule has 2 aliphatic heterocycles. The van der Waals surface area contributed by atoms with Crippen LogP contribution in [0.4, 0.5) is 0 Å². The van der Waals surface area contributed by atoms with Gasteiger partial charge >= 0.3 is 5.97 Å². The Hall–Kier alpha value is -3.15. The summed E-state index contributed by atoms with van der Waals surface area (Å²) >= 11 is 0. The Morgan fingerprint density at radius 3 is 2.52 bits per heavy atom. The molecule has 4 rings (SSSR count). The first-order chi connectivity index (χ1) is 13.9. The van der Waals surface area contributed by atoms with Gasteiger partial charge in [0.1, 0.15) is 0 Å². The van der Waals surface area contributed by atoms with E-state index in [2.05, 4.69) is 0 Å². The predicted molar refractivity (Wildman–Crippen MR) is 107 cm³/mol. The fourth-order valence-corrected chi connectivity index (χ4v) is 4.25. The summed E-state index contributed by atoms with van der Waals surface area (Å²) in [5, 5.41) is 9.62. The zero-order chi connectivity index (χ0) is 20.5. The molecule has 0 aliphatic carbocycles. The molecule has 6 nitrogen and oxygen atoms in total. The maximum Gasteiger partial charge on any atom is 0.312 e. The number of fused-ring (bicyclic) bond motifs is 1. The van der Waals surface area contributed by atoms with Gasteiger partial charge in [-0.15, -0.1) is 0 Å². The number of carboxylic acids is 1. The summed E-state index contributed by atoms with van der Waals surface area (Å²) in [6.45, 7) is 3.42. The Balaban J connectivity index is 1.46. The average molecular weight is 392 g/mol. The number of aliphatic carboxylic acids is 1. The van der Waals surface area contributed by atoms with E-state index in [1.54, 1.807) is 9.80 Å². The van der Waals surface area contributed by atoms with Gasteiger partial charge in [-0.25, -0.2) is 0 Å². The molecule has 0 saturated carbocycles. The van der Waals surface area contributed by atoms with Gasteiger partial charge in [0.2, 0.25) is 11.8 Å². The number of rotatable bonds is 4. The van der Waals surface area contributed by atoms with Crippen molar-refractivity contribution in [1.82, 2.24) is 9.80 Å². The molecule has 0 radical (unpaired) electrons. The molecule has 2 amide bonds. The van der Waals surface area contributed by atoms with E-state index in [-0.39, 0.29) is 24.8 Å². The predicted octanol–water partition coefficient (Wildman–Crippen LogP) is 2.55. The van der Waals surface area contributed by atoms with E-state index in [1.807, 2.05) is 55.5 Å². The van der Waals surface area contributed by atoms with E-state index >= 15 is 0 Å². The highest BCUT2D eigenvalue weighted by molar-refractivity contribution is 5.90. The molecule has 2 aromatic rings. The van der Waals surface area contributed by atoms with E-state index in [0.29, 0.717) is 19.6 Å². The topological polar surface area (TPSA) is 77.9 Å². The zero-order valence-corrected chi connectivity index (χ0v) is 16.4. The molecule has 2 aromatic carbocycles. The smallest absolute Gasteiger partial charge is 0.312 e. The molecule has 150 valence electrons. The second-order valence-corrected chi connectivity index (χ2v) is 7.97. The van der Waals surface area contributed by atoms with E-state index in [0.717, 1.165) is 22.3 Å². The summed E-state index contributed by atoms with van der Waals surface area (Å²) in [4.78, 5) is 40.7. The quantitative estimate of drug-likeness (QED) is 0.867. The van der Waals surface area contributed by atoms with E-state index in [4.69, 9.17) is 0 Å². The van der Waals surface area contributed by atoms with Crippen molar-refractivity contribution in [2.75, 3.05) is 13.1 Å². The molecule has 1 saturated heterocycles. The summed E-state index contributed by atoms with van der Waals surface area (Å²) in [6.07, 6.45) is 0.181. The van der Waals surface area contributed by atoms with Gasteiger partial charge < -0.3 is 14.9 Å². The van der Waals surface area contributed by atoms with Crippen LogP contribution in [0.25, 0.3) is 0 Å². The number of hydrogen-bond acceptors (Lipinski definition) is 3. The third-order valence-corrected chi connectivity index (χ3v) is 5.86. The fourth-order valence-electron chi connectivity index (χ4n) is 4.25. The molecule has 2 unspecified atom stereocenters. The molecular weight excluding hydrogens is 368 g/mol. The lowest BCUT2D eigenvalue weighted by molar-refractivity contribution is -0.142. The maximum atomic E-state index is 13.1. The first-order valence-corrected chi connectivity index (χ1v) is 9.85. The highest BCUT2D eigenvalue weighted by atomic mass is 16.4. The Labute approximate surface area is 169 Å². The van der Waals surface area contributed by atoms with Crippen molar-refractivity contribution in [3.05, 3.63) is 70.8 Å². The molecule has 1 fully saturated rings. The average Bonchev–Trinajstić information content (AvgIpc) is 3.08. The van der Waals surface area contributed by atoms with Crippen molar-refractivity contribution >= 4 is 17.8 Å². The van der Waals surface area contributed by atoms with Crippen molar-refractivity contribution in [2.24, 2.45) is 5.92 Å². The molecule has 0 aromatic heterocycles. The Bertz CT molecular complexity index is 954. The molecule has 2 heterocycles. The standard InChI is InChI=1S/C23H24N2O4/c1-15-6-8-16(9-7-15)11-24-13-18(10-21(24)26)22(27)25-12-17-4-2-3-5-19(17)20(14-25)23(28)29/h2-9,18,20H,10-14H2,1H3,(H,28,29). The third-order valence-electron chi connectivity index (χ3n) is 5.86. The van der Waals surface area contributed by atoms with E-state index in [9.17, 15) is 19.5 Å². The SMILES string of the molecule is Cc1ccc(CN2CC(C(=O)N3Cc4ccccc4C(C(=O)O)C3)CC2=O)cc1. The number of hydrogen-bond donors (Lipinski definition) is 1. The number of carbonyl (C=O) groups is 3. The van der Waals surface area contributed by atoms with Crippen molar-refractivity contribution in [3.63, 3.8) is 0 Å². The summed E-state index contributed by atoms with van der Waals surface area (Å²) in [6, 6.07) is 15.4. The second kappa shape index (κ2) is 7.70. The molecular formula is C23H24N2O4. The van der Waals surface area contributed by atoms with Crippen LogP contribution in [-0.2, 0) is 27.5 Å². The number of aryl methyl sites for hydroxylation is 1. The Kier molecular flexibility index (Phi) is 5.09. The van der Waals surface area contributed by atoms with Crippen LogP contribution < -0.4 is 0 Å². The van der Waals surface area contributed by atoms with Crippen molar-refractivity contribution < 1.29 is 19.5 Å². The van der Waals surface area contributed by atoms with Crippen LogP contribution in [0.5, 0.6) is 0 Å². The summed E-state index contributed by atoms with van der Waals surface area (Å²) in [7, 11) is 0. The van der Waals surface area contributed by atoms with Gasteiger partial charge in [0.15, 0.2) is 0 Å². The molecule has 0 spiro atoms. The number of benzene rings is 2. The first kappa shape index (κ1) is 19.2. The van der Waals surface area contributed by atoms with Crippen molar-refractivity contribution in [2.45, 2.75) is 32.4 Å². The van der Waals surface area contributed by atoms with Crippen molar-refractivity contribution in [1.29, 1.82) is 0 Å². The van der Waals surface area contributed by atoms with Gasteiger partial charge in [-0.2, -0.15) is 0 Å². The number of nitrogens with zero attached hydrogens (tertiary/aromatic N) is 2. The first-order valence-electron chi connectivity index (χ1n) is 9.85. The largest absolute Gasteiger partial charge is 0.481 e. The van der Waals surface area contributed by atoms with Gasteiger partial charge in [-0.05, 0) is 23.6 Å². The lowest BCUT2D eigenvalue weighted by Gasteiger charge is -2.34. The molecule has 1 N–H and O–H groups in total. The minimum Gasteiger partial charge on any atom is -0.481 e. The number of amides is 2. The molecule has 2 atom stereocenters. The number of likely N-dealkylation sites (tertiary alicyclic amines) is 1. The molecule has 6 heteroatoms. The van der Waals surface area contributed by atoms with Crippen LogP contribution in [0.15, 0.2) is 48.5 Å². The highest BCUT2D eigenvalue weighted by Crippen LogP contribution is 2.31. The van der Waals surface area contributed by atoms with Crippen LogP contribution in [0.2, 0.25) is 0 Å². The summed E-state index contributed by atoms with van der Waals surface area (Å²) in [5.74, 6) is -2.25. The lowest BCUT2D eigenvalue weighted by Crippen LogP contribution is -2.43. The summed E-state index contributed by atoms with van der Waals surface area (Å²) in [5.41, 5.74) is 3.83. The third kappa shape index (κ3) is 3.88. The van der Waals surface area contributed by atoms with E-state index < -0.39 is 17.8 Å². The fraction of sp³-hybridized carbons (Fsp3) is 0.348. The Morgan fingerprint density at radius 1 is 1.07 bits per heavy atom. The molecule has 0 bridgehead atoms. The maximum absolute atomic E-state index is 13.1.